The maximum Gasteiger partial charge on any atom is 0.238 e. The van der Waals surface area contributed by atoms with Gasteiger partial charge in [0.15, 0.2) is 0 Å². The molecule has 1 aliphatic rings. The van der Waals surface area contributed by atoms with Crippen LogP contribution in [0.25, 0.3) is 5.52 Å². The maximum atomic E-state index is 9.20. The first kappa shape index (κ1) is 11.0. The number of hydrogen-bond acceptors (Lipinski definition) is 4. The van der Waals surface area contributed by atoms with Crippen molar-refractivity contribution in [3.05, 3.63) is 23.5 Å². The van der Waals surface area contributed by atoms with Crippen molar-refractivity contribution in [2.24, 2.45) is 0 Å². The van der Waals surface area contributed by atoms with Gasteiger partial charge in [0.25, 0.3) is 0 Å². The Hall–Kier alpha value is -2.09. The lowest BCUT2D eigenvalue weighted by Crippen LogP contribution is -2.35. The number of anilines is 1. The van der Waals surface area contributed by atoms with Gasteiger partial charge in [-0.1, -0.05) is 13.3 Å². The summed E-state index contributed by atoms with van der Waals surface area (Å²) in [6.45, 7) is 2.19. The summed E-state index contributed by atoms with van der Waals surface area (Å²) in [5.74, 6) is 0.245. The van der Waals surface area contributed by atoms with Crippen molar-refractivity contribution >= 4 is 11.5 Å². The van der Waals surface area contributed by atoms with E-state index in [1.165, 1.54) is 6.42 Å². The van der Waals surface area contributed by atoms with E-state index in [-0.39, 0.29) is 11.4 Å². The third kappa shape index (κ3) is 1.32. The number of nitrogens with zero attached hydrogens (tertiary/aromatic N) is 4. The van der Waals surface area contributed by atoms with Crippen molar-refractivity contribution in [2.45, 2.75) is 38.0 Å². The second-order valence-electron chi connectivity index (χ2n) is 4.96. The van der Waals surface area contributed by atoms with E-state index in [1.54, 1.807) is 6.20 Å². The maximum absolute atomic E-state index is 9.20. The van der Waals surface area contributed by atoms with Crippen molar-refractivity contribution in [3.63, 3.8) is 0 Å². The molecule has 0 aromatic carbocycles. The first-order valence-electron chi connectivity index (χ1n) is 6.25. The molecular weight excluding hydrogens is 226 g/mol. The highest BCUT2D eigenvalue weighted by atomic mass is 15.3. The van der Waals surface area contributed by atoms with Crippen molar-refractivity contribution < 1.29 is 0 Å². The topological polar surface area (TPSA) is 80.0 Å². The van der Waals surface area contributed by atoms with E-state index in [0.29, 0.717) is 5.56 Å². The van der Waals surface area contributed by atoms with E-state index in [0.717, 1.165) is 30.5 Å². The highest BCUT2D eigenvalue weighted by Gasteiger charge is 2.40. The quantitative estimate of drug-likeness (QED) is 0.872. The summed E-state index contributed by atoms with van der Waals surface area (Å²) in [5, 5.41) is 13.5. The van der Waals surface area contributed by atoms with Gasteiger partial charge >= 0.3 is 0 Å². The molecule has 1 aliphatic carbocycles. The minimum absolute atomic E-state index is 0.165. The summed E-state index contributed by atoms with van der Waals surface area (Å²) in [4.78, 5) is 3.98. The first-order chi connectivity index (χ1) is 8.70. The number of nitrogen functional groups attached to an aromatic ring is 1. The molecule has 3 rings (SSSR count). The molecule has 5 heteroatoms. The Morgan fingerprint density at radius 3 is 2.89 bits per heavy atom. The summed E-state index contributed by atoms with van der Waals surface area (Å²) in [7, 11) is 0. The van der Waals surface area contributed by atoms with Crippen LogP contribution in [-0.2, 0) is 5.41 Å². The zero-order chi connectivity index (χ0) is 12.8. The van der Waals surface area contributed by atoms with Crippen LogP contribution in [0.4, 0.5) is 5.95 Å². The Bertz CT molecular complexity index is 640. The Kier molecular flexibility index (Phi) is 2.27. The lowest BCUT2D eigenvalue weighted by atomic mass is 9.65. The molecule has 5 nitrogen and oxygen atoms in total. The summed E-state index contributed by atoms with van der Waals surface area (Å²) in [5.41, 5.74) is 8.32. The van der Waals surface area contributed by atoms with Gasteiger partial charge in [-0.3, -0.25) is 0 Å². The second kappa shape index (κ2) is 3.70. The molecule has 2 heterocycles. The summed E-state index contributed by atoms with van der Waals surface area (Å²) in [6, 6.07) is 4.16. The molecule has 92 valence electrons. The lowest BCUT2D eigenvalue weighted by Gasteiger charge is -2.40. The average Bonchev–Trinajstić information content (AvgIpc) is 2.67. The monoisotopic (exact) mass is 241 g/mol. The molecule has 1 saturated carbocycles. The van der Waals surface area contributed by atoms with E-state index in [2.05, 4.69) is 23.1 Å². The van der Waals surface area contributed by atoms with Crippen LogP contribution in [-0.4, -0.2) is 14.6 Å². The fourth-order valence-corrected chi connectivity index (χ4v) is 2.86. The van der Waals surface area contributed by atoms with Crippen molar-refractivity contribution in [3.8, 4) is 6.07 Å². The van der Waals surface area contributed by atoms with Crippen LogP contribution < -0.4 is 5.73 Å². The number of fused-ring (bicyclic) bond motifs is 1. The van der Waals surface area contributed by atoms with Gasteiger partial charge in [-0.25, -0.2) is 9.50 Å². The third-order valence-corrected chi connectivity index (χ3v) is 4.19. The van der Waals surface area contributed by atoms with Gasteiger partial charge in [-0.15, -0.1) is 5.10 Å². The summed E-state index contributed by atoms with van der Waals surface area (Å²) >= 11 is 0. The zero-order valence-electron chi connectivity index (χ0n) is 10.3. The van der Waals surface area contributed by atoms with Crippen molar-refractivity contribution in [1.82, 2.24) is 14.6 Å². The molecule has 0 saturated heterocycles. The van der Waals surface area contributed by atoms with Crippen LogP contribution in [0.15, 0.2) is 12.3 Å². The smallest absolute Gasteiger partial charge is 0.238 e. The van der Waals surface area contributed by atoms with E-state index < -0.39 is 0 Å². The minimum atomic E-state index is 0.165. The number of aromatic nitrogens is 3. The van der Waals surface area contributed by atoms with Crippen LogP contribution in [0.5, 0.6) is 0 Å². The standard InChI is InChI=1S/C13H15N5/c1-2-13(4-3-5-13)11-6-9(7-14)10-8-16-12(15)17-18(10)11/h6,8H,2-5H2,1H3,(H2,15,17). The molecule has 18 heavy (non-hydrogen) atoms. The highest BCUT2D eigenvalue weighted by Crippen LogP contribution is 2.46. The number of hydrogen-bond donors (Lipinski definition) is 1. The Labute approximate surface area is 105 Å². The van der Waals surface area contributed by atoms with Gasteiger partial charge in [0.05, 0.1) is 17.5 Å². The minimum Gasteiger partial charge on any atom is -0.367 e. The number of rotatable bonds is 2. The van der Waals surface area contributed by atoms with E-state index in [1.807, 2.05) is 10.6 Å². The molecule has 1 fully saturated rings. The lowest BCUT2D eigenvalue weighted by molar-refractivity contribution is 0.224. The molecule has 0 aliphatic heterocycles. The van der Waals surface area contributed by atoms with Crippen LogP contribution >= 0.6 is 0 Å². The third-order valence-electron chi connectivity index (χ3n) is 4.19. The van der Waals surface area contributed by atoms with Gasteiger partial charge in [0, 0.05) is 5.41 Å². The second-order valence-corrected chi connectivity index (χ2v) is 4.96. The number of nitrogens with two attached hydrogens (primary N) is 1. The number of nitriles is 1. The van der Waals surface area contributed by atoms with E-state index in [4.69, 9.17) is 5.73 Å². The van der Waals surface area contributed by atoms with Gasteiger partial charge in [0.1, 0.15) is 11.6 Å². The van der Waals surface area contributed by atoms with Crippen molar-refractivity contribution in [1.29, 1.82) is 5.26 Å². The Balaban J connectivity index is 2.29. The zero-order valence-corrected chi connectivity index (χ0v) is 10.3. The Morgan fingerprint density at radius 2 is 2.33 bits per heavy atom. The molecule has 0 spiro atoms. The van der Waals surface area contributed by atoms with E-state index >= 15 is 0 Å². The first-order valence-corrected chi connectivity index (χ1v) is 6.25. The largest absolute Gasteiger partial charge is 0.367 e. The molecule has 2 aromatic rings. The molecule has 0 radical (unpaired) electrons. The normalized spacial score (nSPS) is 17.3. The Morgan fingerprint density at radius 1 is 1.56 bits per heavy atom. The molecule has 0 atom stereocenters. The predicted octanol–water partition coefficient (Wildman–Crippen LogP) is 2.01. The van der Waals surface area contributed by atoms with Crippen molar-refractivity contribution in [2.75, 3.05) is 5.73 Å². The molecule has 0 amide bonds. The van der Waals surface area contributed by atoms with Gasteiger partial charge < -0.3 is 5.73 Å². The average molecular weight is 241 g/mol. The predicted molar refractivity (Wildman–Crippen MR) is 67.9 cm³/mol. The molecule has 2 N–H and O–H groups in total. The molecule has 0 bridgehead atoms. The molecule has 2 aromatic heterocycles. The van der Waals surface area contributed by atoms with Gasteiger partial charge in [-0.2, -0.15) is 5.26 Å². The van der Waals surface area contributed by atoms with Gasteiger partial charge in [0.2, 0.25) is 5.95 Å². The SMILES string of the molecule is CCC1(c2cc(C#N)c3cnc(N)nn23)CCC1. The fraction of sp³-hybridized carbons (Fsp3) is 0.462. The summed E-state index contributed by atoms with van der Waals surface area (Å²) < 4.78 is 1.81. The molecular formula is C13H15N5. The van der Waals surface area contributed by atoms with E-state index in [9.17, 15) is 5.26 Å². The van der Waals surface area contributed by atoms with Crippen LogP contribution in [0.1, 0.15) is 43.9 Å². The molecule has 0 unspecified atom stereocenters. The van der Waals surface area contributed by atoms with Crippen LogP contribution in [0.2, 0.25) is 0 Å². The van der Waals surface area contributed by atoms with Crippen LogP contribution in [0.3, 0.4) is 0 Å². The van der Waals surface area contributed by atoms with Gasteiger partial charge in [-0.05, 0) is 25.3 Å². The highest BCUT2D eigenvalue weighted by molar-refractivity contribution is 5.62. The van der Waals surface area contributed by atoms with Crippen LogP contribution in [0, 0.1) is 11.3 Å². The summed E-state index contributed by atoms with van der Waals surface area (Å²) in [6.07, 6.45) is 6.25. The fourth-order valence-electron chi connectivity index (χ4n) is 2.86.